The Labute approximate surface area is 248 Å². The number of amides is 2. The lowest BCUT2D eigenvalue weighted by molar-refractivity contribution is -0.140. The van der Waals surface area contributed by atoms with E-state index in [1.54, 1.807) is 28.0 Å². The second-order valence-electron chi connectivity index (χ2n) is 10.9. The molecular weight excluding hydrogens is 550 g/mol. The van der Waals surface area contributed by atoms with Crippen LogP contribution in [0.2, 0.25) is 0 Å². The maximum Gasteiger partial charge on any atom is 0.335 e. The topological polar surface area (TPSA) is 156 Å². The monoisotopic (exact) mass is 583 g/mol. The second kappa shape index (κ2) is 12.8. The zero-order valence-corrected chi connectivity index (χ0v) is 23.9. The summed E-state index contributed by atoms with van der Waals surface area (Å²) in [4.78, 5) is 55.1. The Kier molecular flexibility index (Phi) is 8.76. The molecule has 2 amide bonds. The number of aryl methyl sites for hydroxylation is 1. The Bertz CT molecular complexity index is 1650. The number of aromatic carboxylic acids is 1. The molecule has 11 heteroatoms. The van der Waals surface area contributed by atoms with Crippen LogP contribution in [0, 0.1) is 18.3 Å². The van der Waals surface area contributed by atoms with E-state index in [1.807, 2.05) is 19.1 Å². The van der Waals surface area contributed by atoms with E-state index < -0.39 is 17.8 Å². The highest BCUT2D eigenvalue weighted by atomic mass is 16.4. The number of carbonyl (C=O) groups excluding carboxylic acids is 3. The highest BCUT2D eigenvalue weighted by molar-refractivity contribution is 6.12. The summed E-state index contributed by atoms with van der Waals surface area (Å²) in [5.74, 6) is -1.55. The molecule has 2 saturated heterocycles. The first-order chi connectivity index (χ1) is 20.7. The van der Waals surface area contributed by atoms with Crippen LogP contribution in [0.4, 0.5) is 5.69 Å². The molecule has 5 rings (SSSR count). The highest BCUT2D eigenvalue weighted by Crippen LogP contribution is 2.25. The lowest BCUT2D eigenvalue weighted by atomic mass is 10.0. The number of ketones is 1. The number of hydrogen-bond acceptors (Lipinski definition) is 8. The van der Waals surface area contributed by atoms with Crippen LogP contribution in [0.15, 0.2) is 64.3 Å². The van der Waals surface area contributed by atoms with E-state index in [0.717, 1.165) is 24.0 Å². The molecule has 0 bridgehead atoms. The van der Waals surface area contributed by atoms with Crippen LogP contribution in [0.3, 0.4) is 0 Å². The predicted octanol–water partition coefficient (Wildman–Crippen LogP) is 4.06. The van der Waals surface area contributed by atoms with E-state index in [1.165, 1.54) is 24.3 Å². The van der Waals surface area contributed by atoms with Crippen LogP contribution in [0.25, 0.3) is 11.0 Å². The predicted molar refractivity (Wildman–Crippen MR) is 158 cm³/mol. The van der Waals surface area contributed by atoms with Crippen LogP contribution in [-0.2, 0) is 9.59 Å². The SMILES string of the molecule is Cc1cc2cc(NC(N[C@H]3CCCCN(CC(=O)N4CCCC4)C3=O)=C(C#N)C(=O)c3cccc(C(=O)O)c3)ccc2o1. The molecule has 3 N–H and O–H groups in total. The van der Waals surface area contributed by atoms with Gasteiger partial charge in [0.1, 0.15) is 34.8 Å². The number of carboxylic acid groups (broad SMARTS) is 1. The van der Waals surface area contributed by atoms with Crippen LogP contribution < -0.4 is 10.6 Å². The molecule has 0 saturated carbocycles. The molecule has 2 aromatic carbocycles. The fourth-order valence-electron chi connectivity index (χ4n) is 5.53. The third-order valence-electron chi connectivity index (χ3n) is 7.75. The van der Waals surface area contributed by atoms with Gasteiger partial charge in [-0.1, -0.05) is 12.1 Å². The molecule has 11 nitrogen and oxygen atoms in total. The summed E-state index contributed by atoms with van der Waals surface area (Å²) in [6.45, 7) is 3.63. The number of fused-ring (bicyclic) bond motifs is 1. The van der Waals surface area contributed by atoms with Gasteiger partial charge in [0.05, 0.1) is 12.1 Å². The Balaban J connectivity index is 1.48. The summed E-state index contributed by atoms with van der Waals surface area (Å²) < 4.78 is 5.66. The molecule has 1 aromatic heterocycles. The average molecular weight is 584 g/mol. The molecule has 2 aliphatic heterocycles. The van der Waals surface area contributed by atoms with Crippen molar-refractivity contribution in [3.05, 3.63) is 76.8 Å². The van der Waals surface area contributed by atoms with Crippen LogP contribution >= 0.6 is 0 Å². The molecule has 2 fully saturated rings. The molecule has 0 aliphatic carbocycles. The van der Waals surface area contributed by atoms with Gasteiger partial charge in [-0.2, -0.15) is 5.26 Å². The maximum absolute atomic E-state index is 13.7. The van der Waals surface area contributed by atoms with Crippen molar-refractivity contribution >= 4 is 40.2 Å². The number of rotatable bonds is 9. The molecule has 0 spiro atoms. The Morgan fingerprint density at radius 2 is 1.77 bits per heavy atom. The number of benzene rings is 2. The van der Waals surface area contributed by atoms with Crippen LogP contribution in [0.1, 0.15) is 58.6 Å². The van der Waals surface area contributed by atoms with Gasteiger partial charge in [0.2, 0.25) is 17.6 Å². The highest BCUT2D eigenvalue weighted by Gasteiger charge is 2.32. The van der Waals surface area contributed by atoms with Gasteiger partial charge in [0.25, 0.3) is 0 Å². The fourth-order valence-corrected chi connectivity index (χ4v) is 5.53. The van der Waals surface area contributed by atoms with Crippen molar-refractivity contribution in [2.75, 3.05) is 31.5 Å². The van der Waals surface area contributed by atoms with Crippen molar-refractivity contribution in [2.45, 2.75) is 45.1 Å². The minimum absolute atomic E-state index is 0.0128. The van der Waals surface area contributed by atoms with Gasteiger partial charge in [0.15, 0.2) is 0 Å². The van der Waals surface area contributed by atoms with Gasteiger partial charge in [-0.05, 0) is 75.4 Å². The van der Waals surface area contributed by atoms with E-state index in [0.29, 0.717) is 50.2 Å². The number of likely N-dealkylation sites (tertiary alicyclic amines) is 2. The van der Waals surface area contributed by atoms with Gasteiger partial charge in [0, 0.05) is 36.3 Å². The molecule has 0 radical (unpaired) electrons. The van der Waals surface area contributed by atoms with E-state index >= 15 is 0 Å². The molecule has 1 atom stereocenters. The maximum atomic E-state index is 13.7. The van der Waals surface area contributed by atoms with Crippen molar-refractivity contribution in [3.8, 4) is 6.07 Å². The number of nitriles is 1. The van der Waals surface area contributed by atoms with Gasteiger partial charge in [-0.25, -0.2) is 4.79 Å². The number of carboxylic acids is 1. The van der Waals surface area contributed by atoms with Crippen molar-refractivity contribution < 1.29 is 28.7 Å². The smallest absolute Gasteiger partial charge is 0.335 e. The lowest BCUT2D eigenvalue weighted by Gasteiger charge is -2.28. The van der Waals surface area contributed by atoms with Crippen molar-refractivity contribution in [1.82, 2.24) is 15.1 Å². The first-order valence-corrected chi connectivity index (χ1v) is 14.4. The summed E-state index contributed by atoms with van der Waals surface area (Å²) in [5, 5.41) is 26.7. The number of Topliss-reactive ketones (excluding diaryl/α,β-unsaturated/α-hetero) is 1. The fraction of sp³-hybridized carbons (Fsp3) is 0.344. The summed E-state index contributed by atoms with van der Waals surface area (Å²) in [5.41, 5.74) is 0.813. The molecule has 3 aromatic rings. The third-order valence-corrected chi connectivity index (χ3v) is 7.75. The minimum atomic E-state index is -1.20. The van der Waals surface area contributed by atoms with Crippen molar-refractivity contribution in [1.29, 1.82) is 5.26 Å². The number of anilines is 1. The number of carbonyl (C=O) groups is 4. The number of allylic oxidation sites excluding steroid dienone is 1. The number of hydrogen-bond donors (Lipinski definition) is 3. The zero-order valence-electron chi connectivity index (χ0n) is 23.9. The van der Waals surface area contributed by atoms with Gasteiger partial charge in [-0.15, -0.1) is 0 Å². The minimum Gasteiger partial charge on any atom is -0.478 e. The van der Waals surface area contributed by atoms with Crippen molar-refractivity contribution in [2.24, 2.45) is 0 Å². The summed E-state index contributed by atoms with van der Waals surface area (Å²) >= 11 is 0. The molecule has 0 unspecified atom stereocenters. The number of nitrogens with one attached hydrogen (secondary N) is 2. The van der Waals surface area contributed by atoms with E-state index in [9.17, 15) is 29.5 Å². The van der Waals surface area contributed by atoms with Gasteiger partial charge in [-0.3, -0.25) is 14.4 Å². The second-order valence-corrected chi connectivity index (χ2v) is 10.9. The van der Waals surface area contributed by atoms with Crippen molar-refractivity contribution in [3.63, 3.8) is 0 Å². The quantitative estimate of drug-likeness (QED) is 0.192. The third kappa shape index (κ3) is 6.70. The first kappa shape index (κ1) is 29.4. The van der Waals surface area contributed by atoms with E-state index in [4.69, 9.17) is 4.42 Å². The largest absolute Gasteiger partial charge is 0.478 e. The van der Waals surface area contributed by atoms with Crippen LogP contribution in [-0.4, -0.2) is 70.7 Å². The molecule has 222 valence electrons. The Hall–Kier alpha value is -5.11. The molecule has 3 heterocycles. The number of furan rings is 1. The summed E-state index contributed by atoms with van der Waals surface area (Å²) in [6, 6.07) is 13.7. The number of nitrogens with zero attached hydrogens (tertiary/aromatic N) is 3. The van der Waals surface area contributed by atoms with Gasteiger partial charge < -0.3 is 30.0 Å². The van der Waals surface area contributed by atoms with E-state index in [-0.39, 0.29) is 40.9 Å². The Morgan fingerprint density at radius 3 is 2.51 bits per heavy atom. The van der Waals surface area contributed by atoms with Crippen LogP contribution in [0.5, 0.6) is 0 Å². The van der Waals surface area contributed by atoms with E-state index in [2.05, 4.69) is 10.6 Å². The summed E-state index contributed by atoms with van der Waals surface area (Å²) in [6.07, 6.45) is 3.75. The van der Waals surface area contributed by atoms with Gasteiger partial charge >= 0.3 is 5.97 Å². The molecular formula is C32H33N5O6. The Morgan fingerprint density at radius 1 is 1.02 bits per heavy atom. The zero-order chi connectivity index (χ0) is 30.5. The lowest BCUT2D eigenvalue weighted by Crippen LogP contribution is -2.49. The standard InChI is InChI=1S/C32H33N5O6/c1-20-15-23-17-24(10-11-27(23)43-20)34-30(25(18-33)29(39)21-7-6-8-22(16-21)32(41)42)35-26-9-2-3-14-37(31(26)40)19-28(38)36-12-4-5-13-36/h6-8,10-11,15-17,26,34-35H,2-5,9,12-14,19H2,1H3,(H,41,42)/t26-/m0/s1. The average Bonchev–Trinajstić information content (AvgIpc) is 3.63. The first-order valence-electron chi connectivity index (χ1n) is 14.4. The molecule has 2 aliphatic rings. The molecule has 43 heavy (non-hydrogen) atoms. The normalized spacial score (nSPS) is 17.7. The summed E-state index contributed by atoms with van der Waals surface area (Å²) in [7, 11) is 0.